The van der Waals surface area contributed by atoms with Crippen LogP contribution in [-0.2, 0) is 0 Å². The van der Waals surface area contributed by atoms with Crippen molar-refractivity contribution in [3.8, 4) is 0 Å². The summed E-state index contributed by atoms with van der Waals surface area (Å²) < 4.78 is 0. The van der Waals surface area contributed by atoms with Crippen LogP contribution in [0.25, 0.3) is 0 Å². The van der Waals surface area contributed by atoms with Crippen molar-refractivity contribution in [1.29, 1.82) is 0 Å². The summed E-state index contributed by atoms with van der Waals surface area (Å²) in [5.74, 6) is 0. The molecule has 0 aromatic rings. The van der Waals surface area contributed by atoms with E-state index in [1.807, 2.05) is 7.05 Å². The highest BCUT2D eigenvalue weighted by atomic mass is 28.3. The highest BCUT2D eigenvalue weighted by Crippen LogP contribution is 1.62. The highest BCUT2D eigenvalue weighted by Gasteiger charge is 1.82. The van der Waals surface area contributed by atoms with Crippen LogP contribution < -0.4 is 4.98 Å². The quantitative estimate of drug-likeness (QED) is 0.459. The van der Waals surface area contributed by atoms with Crippen molar-refractivity contribution in [2.45, 2.75) is 13.1 Å². The first-order valence-electron chi connectivity index (χ1n) is 1.75. The molecule has 0 aliphatic carbocycles. The molecule has 0 saturated carbocycles. The Morgan fingerprint density at radius 3 is 1.60 bits per heavy atom. The Labute approximate surface area is 35.1 Å². The second-order valence-corrected chi connectivity index (χ2v) is 3.75. The number of rotatable bonds is 1. The van der Waals surface area contributed by atoms with E-state index in [2.05, 4.69) is 18.1 Å². The lowest BCUT2D eigenvalue weighted by Gasteiger charge is -1.91. The molecule has 0 aromatic heterocycles. The molecule has 0 atom stereocenters. The summed E-state index contributed by atoms with van der Waals surface area (Å²) in [6.07, 6.45) is 0. The largest absolute Gasteiger partial charge is 0.341 e. The van der Waals surface area contributed by atoms with Crippen LogP contribution >= 0.6 is 0 Å². The summed E-state index contributed by atoms with van der Waals surface area (Å²) in [6, 6.07) is 0. The van der Waals surface area contributed by atoms with Crippen LogP contribution in [0.1, 0.15) is 0 Å². The zero-order valence-electron chi connectivity index (χ0n) is 4.00. The van der Waals surface area contributed by atoms with Gasteiger partial charge >= 0.3 is 0 Å². The molecule has 1 N–H and O–H groups in total. The lowest BCUT2D eigenvalue weighted by atomic mass is 11.6. The van der Waals surface area contributed by atoms with E-state index in [0.29, 0.717) is 0 Å². The van der Waals surface area contributed by atoms with Crippen molar-refractivity contribution in [3.05, 3.63) is 0 Å². The Bertz CT molecular complexity index is 20.9. The van der Waals surface area contributed by atoms with E-state index in [1.54, 1.807) is 0 Å². The molecule has 0 aliphatic rings. The first-order valence-corrected chi connectivity index (χ1v) is 4.25. The van der Waals surface area contributed by atoms with Crippen molar-refractivity contribution in [2.75, 3.05) is 7.05 Å². The third-order valence-corrected chi connectivity index (χ3v) is 1.50. The van der Waals surface area contributed by atoms with Gasteiger partial charge in [-0.25, -0.2) is 0 Å². The maximum absolute atomic E-state index is 3.13. The molecule has 31 valence electrons. The van der Waals surface area contributed by atoms with Crippen LogP contribution in [0.3, 0.4) is 0 Å². The standard InChI is InChI=1S/C3H10NSi/c1-4-5(2)3/h4H,1-3H3. The zero-order chi connectivity index (χ0) is 4.28. The molecule has 0 aliphatic heterocycles. The number of hydrogen-bond donors (Lipinski definition) is 1. The van der Waals surface area contributed by atoms with Gasteiger partial charge in [-0.15, -0.1) is 0 Å². The van der Waals surface area contributed by atoms with Crippen molar-refractivity contribution < 1.29 is 0 Å². The van der Waals surface area contributed by atoms with E-state index in [1.165, 1.54) is 0 Å². The second kappa shape index (κ2) is 2.42. The van der Waals surface area contributed by atoms with E-state index in [0.717, 1.165) is 0 Å². The van der Waals surface area contributed by atoms with Gasteiger partial charge in [-0.2, -0.15) is 0 Å². The fourth-order valence-electron chi connectivity index (χ4n) is 0. The van der Waals surface area contributed by atoms with Crippen LogP contribution in [-0.4, -0.2) is 16.0 Å². The third kappa shape index (κ3) is 4.18. The fraction of sp³-hybridized carbons (Fsp3) is 1.00. The summed E-state index contributed by atoms with van der Waals surface area (Å²) in [4.78, 5) is 3.13. The van der Waals surface area contributed by atoms with Gasteiger partial charge in [0.2, 0.25) is 0 Å². The van der Waals surface area contributed by atoms with E-state index in [4.69, 9.17) is 0 Å². The fourth-order valence-corrected chi connectivity index (χ4v) is 0. The molecule has 0 fully saturated rings. The Hall–Kier alpha value is 0.177. The van der Waals surface area contributed by atoms with Gasteiger partial charge in [0.15, 0.2) is 0 Å². The number of hydrogen-bond acceptors (Lipinski definition) is 1. The minimum absolute atomic E-state index is 0.124. The lowest BCUT2D eigenvalue weighted by molar-refractivity contribution is 1.21. The molecule has 0 spiro atoms. The van der Waals surface area contributed by atoms with Gasteiger partial charge in [0.25, 0.3) is 0 Å². The maximum atomic E-state index is 3.13. The maximum Gasteiger partial charge on any atom is 0.126 e. The smallest absolute Gasteiger partial charge is 0.126 e. The van der Waals surface area contributed by atoms with Gasteiger partial charge in [-0.05, 0) is 7.05 Å². The molecular weight excluding hydrogens is 78.1 g/mol. The van der Waals surface area contributed by atoms with E-state index in [-0.39, 0.29) is 8.96 Å². The van der Waals surface area contributed by atoms with Crippen LogP contribution in [0.4, 0.5) is 0 Å². The van der Waals surface area contributed by atoms with Crippen molar-refractivity contribution >= 4 is 8.96 Å². The van der Waals surface area contributed by atoms with Crippen molar-refractivity contribution in [2.24, 2.45) is 0 Å². The zero-order valence-corrected chi connectivity index (χ0v) is 5.00. The molecular formula is C3H10NSi. The highest BCUT2D eigenvalue weighted by molar-refractivity contribution is 6.52. The van der Waals surface area contributed by atoms with Gasteiger partial charge in [0.1, 0.15) is 8.96 Å². The van der Waals surface area contributed by atoms with E-state index in [9.17, 15) is 0 Å². The molecule has 0 bridgehead atoms. The lowest BCUT2D eigenvalue weighted by Crippen LogP contribution is -2.21. The first kappa shape index (κ1) is 5.18. The van der Waals surface area contributed by atoms with Crippen LogP contribution in [0.2, 0.25) is 13.1 Å². The Morgan fingerprint density at radius 2 is 1.60 bits per heavy atom. The van der Waals surface area contributed by atoms with Gasteiger partial charge in [0.05, 0.1) is 0 Å². The molecule has 2 heteroatoms. The molecule has 0 rings (SSSR count). The van der Waals surface area contributed by atoms with E-state index >= 15 is 0 Å². The topological polar surface area (TPSA) is 12.0 Å². The van der Waals surface area contributed by atoms with Gasteiger partial charge in [0, 0.05) is 0 Å². The van der Waals surface area contributed by atoms with Crippen LogP contribution in [0, 0.1) is 0 Å². The normalized spacial score (nSPS) is 9.60. The monoisotopic (exact) mass is 88.1 g/mol. The molecule has 0 saturated heterocycles. The summed E-state index contributed by atoms with van der Waals surface area (Å²) in [6.45, 7) is 4.43. The van der Waals surface area contributed by atoms with E-state index < -0.39 is 0 Å². The Morgan fingerprint density at radius 1 is 1.40 bits per heavy atom. The van der Waals surface area contributed by atoms with Crippen LogP contribution in [0.15, 0.2) is 0 Å². The summed E-state index contributed by atoms with van der Waals surface area (Å²) in [5.41, 5.74) is 0. The summed E-state index contributed by atoms with van der Waals surface area (Å²) >= 11 is 0. The minimum atomic E-state index is -0.124. The molecule has 1 radical (unpaired) electrons. The minimum Gasteiger partial charge on any atom is -0.341 e. The predicted molar refractivity (Wildman–Crippen MR) is 26.5 cm³/mol. The van der Waals surface area contributed by atoms with Gasteiger partial charge < -0.3 is 4.98 Å². The summed E-state index contributed by atoms with van der Waals surface area (Å²) in [5, 5.41) is 0. The van der Waals surface area contributed by atoms with Crippen molar-refractivity contribution in [3.63, 3.8) is 0 Å². The van der Waals surface area contributed by atoms with Crippen LogP contribution in [0.5, 0.6) is 0 Å². The third-order valence-electron chi connectivity index (χ3n) is 0.500. The average molecular weight is 88.2 g/mol. The van der Waals surface area contributed by atoms with Crippen molar-refractivity contribution in [1.82, 2.24) is 4.98 Å². The SMILES string of the molecule is CN[Si](C)C. The van der Waals surface area contributed by atoms with Gasteiger partial charge in [-0.1, -0.05) is 13.1 Å². The molecule has 1 nitrogen and oxygen atoms in total. The molecule has 0 aromatic carbocycles. The first-order chi connectivity index (χ1) is 2.27. The second-order valence-electron chi connectivity index (χ2n) is 1.25. The molecule has 0 unspecified atom stereocenters. The molecule has 0 amide bonds. The predicted octanol–water partition coefficient (Wildman–Crippen LogP) is 0.457. The van der Waals surface area contributed by atoms with Gasteiger partial charge in [-0.3, -0.25) is 0 Å². The molecule has 5 heavy (non-hydrogen) atoms. The number of nitrogens with one attached hydrogen (secondary N) is 1. The average Bonchev–Trinajstić information content (AvgIpc) is 1.38. The Balaban J connectivity index is 2.54. The molecule has 0 heterocycles. The summed E-state index contributed by atoms with van der Waals surface area (Å²) in [7, 11) is 1.87. The Kier molecular flexibility index (Phi) is 2.50.